The van der Waals surface area contributed by atoms with Gasteiger partial charge < -0.3 is 14.7 Å². The molecule has 1 aromatic heterocycles. The average molecular weight is 1060 g/mol. The van der Waals surface area contributed by atoms with Gasteiger partial charge in [0.25, 0.3) is 6.71 Å². The highest BCUT2D eigenvalue weighted by atomic mass is 32.1. The lowest BCUT2D eigenvalue weighted by Crippen LogP contribution is -2.64. The Labute approximate surface area is 477 Å². The van der Waals surface area contributed by atoms with Gasteiger partial charge in [0, 0.05) is 60.3 Å². The molecule has 4 atom stereocenters. The third-order valence-electron chi connectivity index (χ3n) is 21.8. The Balaban J connectivity index is 1.17. The summed E-state index contributed by atoms with van der Waals surface area (Å²) in [4.78, 5) is 8.71. The van der Waals surface area contributed by atoms with Gasteiger partial charge in [0.1, 0.15) is 0 Å². The Morgan fingerprint density at radius 1 is 0.443 bits per heavy atom. The second-order valence-electron chi connectivity index (χ2n) is 30.4. The molecular formula is C74H84BN3S. The van der Waals surface area contributed by atoms with Crippen molar-refractivity contribution < 1.29 is 0 Å². The highest BCUT2D eigenvalue weighted by Crippen LogP contribution is 2.66. The second-order valence-corrected chi connectivity index (χ2v) is 31.5. The molecule has 79 heavy (non-hydrogen) atoms. The minimum absolute atomic E-state index is 0.0209. The molecule has 2 fully saturated rings. The van der Waals surface area contributed by atoms with Crippen molar-refractivity contribution in [3.8, 4) is 11.1 Å². The summed E-state index contributed by atoms with van der Waals surface area (Å²) in [6.07, 6.45) is 9.70. The fourth-order valence-electron chi connectivity index (χ4n) is 16.6. The zero-order valence-electron chi connectivity index (χ0n) is 50.5. The van der Waals surface area contributed by atoms with Gasteiger partial charge in [-0.1, -0.05) is 201 Å². The molecule has 0 spiro atoms. The molecule has 6 aliphatic rings. The number of hydrogen-bond donors (Lipinski definition) is 0. The fourth-order valence-corrected chi connectivity index (χ4v) is 17.8. The first-order valence-electron chi connectivity index (χ1n) is 30.3. The van der Waals surface area contributed by atoms with Crippen LogP contribution >= 0.6 is 11.3 Å². The highest BCUT2D eigenvalue weighted by Gasteiger charge is 2.63. The Hall–Kier alpha value is -5.78. The van der Waals surface area contributed by atoms with E-state index < -0.39 is 0 Å². The number of rotatable bonds is 3. The van der Waals surface area contributed by atoms with Crippen molar-refractivity contribution in [1.82, 2.24) is 0 Å². The monoisotopic (exact) mass is 1060 g/mol. The summed E-state index contributed by atoms with van der Waals surface area (Å²) < 4.78 is 2.73. The summed E-state index contributed by atoms with van der Waals surface area (Å²) in [5.41, 5.74) is 24.9. The van der Waals surface area contributed by atoms with Crippen LogP contribution in [0.2, 0.25) is 0 Å². The Morgan fingerprint density at radius 2 is 1.00 bits per heavy atom. The standard InChI is InChI=1S/C74H84BN3S/c1-67(2,3)46-26-31-58(52(38-46)45-24-18-17-19-25-45)76-60-43-50(77-59-32-27-48(69(7,8)9)40-54(59)71(13)34-20-22-36-73(71,77)15)44-61-63(60)75(56-30-29-51-53-39-47(68(4,5)6)28-33-62(53)79-66(51)65(56)76)57-42-49(70(10,11)12)41-55-64(57)78(61)74(16)37-23-21-35-72(55,74)14/h17-19,24-33,38-44H,20-23,34-37H2,1-16H3. The molecular weight excluding hydrogens is 974 g/mol. The van der Waals surface area contributed by atoms with E-state index in [4.69, 9.17) is 0 Å². The van der Waals surface area contributed by atoms with Crippen molar-refractivity contribution in [3.05, 3.63) is 155 Å². The van der Waals surface area contributed by atoms with Crippen LogP contribution in [0.3, 0.4) is 0 Å². The minimum atomic E-state index is -0.136. The number of hydrogen-bond acceptors (Lipinski definition) is 4. The molecule has 14 rings (SSSR count). The van der Waals surface area contributed by atoms with E-state index in [0.717, 1.165) is 12.8 Å². The van der Waals surface area contributed by atoms with Crippen molar-refractivity contribution in [2.24, 2.45) is 0 Å². The van der Waals surface area contributed by atoms with Gasteiger partial charge in [-0.2, -0.15) is 0 Å². The molecule has 2 saturated carbocycles. The Kier molecular flexibility index (Phi) is 10.7. The SMILES string of the molecule is CC(C)(C)c1ccc(N2c3cc(N4c5ccc(C(C)(C)C)cc5C5(C)CCCCC45C)cc4c3B(c3cc(C(C)(C)C)cc5c3N4C3(C)CCCCC53C)c3ccc4c(sc5ccc(C(C)(C)C)cc54)c32)c(-c2ccccc2)c1. The van der Waals surface area contributed by atoms with Crippen LogP contribution in [0.25, 0.3) is 31.3 Å². The van der Waals surface area contributed by atoms with Gasteiger partial charge >= 0.3 is 0 Å². The van der Waals surface area contributed by atoms with Crippen molar-refractivity contribution in [3.63, 3.8) is 0 Å². The second kappa shape index (κ2) is 16.5. The van der Waals surface area contributed by atoms with E-state index in [1.807, 2.05) is 11.3 Å². The molecule has 0 bridgehead atoms. The lowest BCUT2D eigenvalue weighted by Gasteiger charge is -2.54. The maximum Gasteiger partial charge on any atom is 0.252 e. The molecule has 0 radical (unpaired) electrons. The maximum atomic E-state index is 2.99. The topological polar surface area (TPSA) is 9.72 Å². The maximum absolute atomic E-state index is 2.99. The molecule has 2 aliphatic carbocycles. The van der Waals surface area contributed by atoms with E-state index in [2.05, 4.69) is 247 Å². The van der Waals surface area contributed by atoms with Gasteiger partial charge in [0.15, 0.2) is 0 Å². The number of thiophene rings is 1. The smallest absolute Gasteiger partial charge is 0.252 e. The lowest BCUT2D eigenvalue weighted by molar-refractivity contribution is 0.194. The highest BCUT2D eigenvalue weighted by molar-refractivity contribution is 7.26. The van der Waals surface area contributed by atoms with Gasteiger partial charge in [-0.3, -0.25) is 0 Å². The summed E-state index contributed by atoms with van der Waals surface area (Å²) in [7, 11) is 0. The molecule has 0 amide bonds. The van der Waals surface area contributed by atoms with Gasteiger partial charge in [0.2, 0.25) is 0 Å². The third-order valence-corrected chi connectivity index (χ3v) is 23.0. The number of benzene rings is 7. The predicted octanol–water partition coefficient (Wildman–Crippen LogP) is 19.0. The molecule has 4 unspecified atom stereocenters. The predicted molar refractivity (Wildman–Crippen MR) is 345 cm³/mol. The largest absolute Gasteiger partial charge is 0.335 e. The molecule has 0 saturated heterocycles. The lowest BCUT2D eigenvalue weighted by atomic mass is 9.33. The molecule has 404 valence electrons. The van der Waals surface area contributed by atoms with Crippen LogP contribution in [-0.2, 0) is 32.5 Å². The van der Waals surface area contributed by atoms with Crippen molar-refractivity contribution in [2.75, 3.05) is 14.7 Å². The van der Waals surface area contributed by atoms with E-state index in [0.29, 0.717) is 0 Å². The van der Waals surface area contributed by atoms with Crippen LogP contribution in [0.1, 0.15) is 196 Å². The molecule has 4 aliphatic heterocycles. The number of fused-ring (bicyclic) bond motifs is 14. The van der Waals surface area contributed by atoms with Crippen molar-refractivity contribution in [1.29, 1.82) is 0 Å². The van der Waals surface area contributed by atoms with Crippen LogP contribution < -0.4 is 31.1 Å². The van der Waals surface area contributed by atoms with Gasteiger partial charge in [0.05, 0.1) is 27.2 Å². The Bertz CT molecular complexity index is 3890. The molecule has 8 aromatic rings. The van der Waals surface area contributed by atoms with Crippen molar-refractivity contribution in [2.45, 2.75) is 206 Å². The summed E-state index contributed by atoms with van der Waals surface area (Å²) in [6.45, 7) is 39.3. The van der Waals surface area contributed by atoms with E-state index in [9.17, 15) is 0 Å². The van der Waals surface area contributed by atoms with Crippen LogP contribution in [-0.4, -0.2) is 17.8 Å². The van der Waals surface area contributed by atoms with Crippen LogP contribution in [0.15, 0.2) is 121 Å². The molecule has 5 heteroatoms. The zero-order valence-corrected chi connectivity index (χ0v) is 51.3. The Morgan fingerprint density at radius 3 is 1.66 bits per heavy atom. The van der Waals surface area contributed by atoms with E-state index in [-0.39, 0.29) is 50.3 Å². The normalized spacial score (nSPS) is 24.2. The van der Waals surface area contributed by atoms with Gasteiger partial charge in [-0.15, -0.1) is 11.3 Å². The van der Waals surface area contributed by atoms with Crippen LogP contribution in [0.4, 0.5) is 39.8 Å². The number of anilines is 7. The zero-order chi connectivity index (χ0) is 55.5. The van der Waals surface area contributed by atoms with Crippen molar-refractivity contribution >= 4 is 94.4 Å². The molecule has 5 heterocycles. The summed E-state index contributed by atoms with van der Waals surface area (Å²) in [6, 6.07) is 49.8. The average Bonchev–Trinajstić information content (AvgIpc) is 3.01. The van der Waals surface area contributed by atoms with Crippen LogP contribution in [0.5, 0.6) is 0 Å². The van der Waals surface area contributed by atoms with E-state index in [1.54, 1.807) is 5.56 Å². The molecule has 0 N–H and O–H groups in total. The first-order chi connectivity index (χ1) is 37.2. The van der Waals surface area contributed by atoms with Gasteiger partial charge in [-0.05, 0) is 159 Å². The first-order valence-corrected chi connectivity index (χ1v) is 31.1. The van der Waals surface area contributed by atoms with E-state index >= 15 is 0 Å². The molecule has 3 nitrogen and oxygen atoms in total. The first kappa shape index (κ1) is 51.4. The quantitative estimate of drug-likeness (QED) is 0.163. The van der Waals surface area contributed by atoms with Gasteiger partial charge in [-0.25, -0.2) is 0 Å². The molecule has 7 aromatic carbocycles. The fraction of sp³-hybridized carbons (Fsp3) is 0.432. The third kappa shape index (κ3) is 6.96. The van der Waals surface area contributed by atoms with E-state index in [1.165, 1.54) is 154 Å². The van der Waals surface area contributed by atoms with Crippen LogP contribution in [0, 0.1) is 0 Å². The minimum Gasteiger partial charge on any atom is -0.335 e. The summed E-state index contributed by atoms with van der Waals surface area (Å²) in [5.74, 6) is 0. The summed E-state index contributed by atoms with van der Waals surface area (Å²) in [5, 5.41) is 2.72. The number of nitrogens with zero attached hydrogens (tertiary/aromatic N) is 3. The summed E-state index contributed by atoms with van der Waals surface area (Å²) >= 11 is 2.01.